The average molecular weight is 268 g/mol. The third-order valence-electron chi connectivity index (χ3n) is 2.63. The van der Waals surface area contributed by atoms with Gasteiger partial charge in [0.2, 0.25) is 5.82 Å². The Labute approximate surface area is 115 Å². The minimum atomic E-state index is 0.161. The zero-order valence-electron chi connectivity index (χ0n) is 10.6. The van der Waals surface area contributed by atoms with Gasteiger partial charge < -0.3 is 15.0 Å². The lowest BCUT2D eigenvalue weighted by molar-refractivity contribution is 0.244. The van der Waals surface area contributed by atoms with Crippen molar-refractivity contribution in [3.8, 4) is 17.3 Å². The second-order valence-corrected chi connectivity index (χ2v) is 4.05. The molecule has 20 heavy (non-hydrogen) atoms. The van der Waals surface area contributed by atoms with Gasteiger partial charge in [0.05, 0.1) is 5.69 Å². The second-order valence-electron chi connectivity index (χ2n) is 4.05. The van der Waals surface area contributed by atoms with Gasteiger partial charge in [-0.25, -0.2) is 0 Å². The number of hydrogen-bond donors (Lipinski definition) is 1. The standard InChI is InChI=1S/C14H12N4O2/c15-10-5-1-2-7-12(10)19-9-13-17-14(18-20-13)11-6-3-4-8-16-11/h1-8H,9,15H2. The lowest BCUT2D eigenvalue weighted by Gasteiger charge is -2.05. The number of pyridine rings is 1. The van der Waals surface area contributed by atoms with Crippen molar-refractivity contribution in [1.82, 2.24) is 15.1 Å². The van der Waals surface area contributed by atoms with Gasteiger partial charge in [0.15, 0.2) is 6.61 Å². The van der Waals surface area contributed by atoms with Crippen LogP contribution in [0.3, 0.4) is 0 Å². The van der Waals surface area contributed by atoms with E-state index in [-0.39, 0.29) is 6.61 Å². The van der Waals surface area contributed by atoms with Gasteiger partial charge in [-0.3, -0.25) is 4.98 Å². The van der Waals surface area contributed by atoms with E-state index in [1.807, 2.05) is 30.3 Å². The molecule has 0 fully saturated rings. The van der Waals surface area contributed by atoms with Crippen molar-refractivity contribution in [2.75, 3.05) is 5.73 Å². The summed E-state index contributed by atoms with van der Waals surface area (Å²) in [5.41, 5.74) is 7.00. The first-order chi connectivity index (χ1) is 9.83. The highest BCUT2D eigenvalue weighted by Gasteiger charge is 2.10. The normalized spacial score (nSPS) is 10.4. The van der Waals surface area contributed by atoms with E-state index < -0.39 is 0 Å². The molecule has 3 rings (SSSR count). The summed E-state index contributed by atoms with van der Waals surface area (Å²) in [5.74, 6) is 1.39. The van der Waals surface area contributed by atoms with Crippen molar-refractivity contribution in [3.63, 3.8) is 0 Å². The van der Waals surface area contributed by atoms with E-state index >= 15 is 0 Å². The molecule has 0 radical (unpaired) electrons. The Balaban J connectivity index is 1.71. The quantitative estimate of drug-likeness (QED) is 0.730. The van der Waals surface area contributed by atoms with E-state index in [1.54, 1.807) is 18.3 Å². The molecule has 0 spiro atoms. The van der Waals surface area contributed by atoms with Gasteiger partial charge in [-0.1, -0.05) is 23.4 Å². The highest BCUT2D eigenvalue weighted by atomic mass is 16.5. The fraction of sp³-hybridized carbons (Fsp3) is 0.0714. The number of nitrogen functional groups attached to an aromatic ring is 1. The van der Waals surface area contributed by atoms with Crippen LogP contribution in [0.5, 0.6) is 5.75 Å². The first kappa shape index (κ1) is 12.2. The summed E-state index contributed by atoms with van der Waals surface area (Å²) in [6.07, 6.45) is 1.67. The number of ether oxygens (including phenoxy) is 1. The topological polar surface area (TPSA) is 87.1 Å². The predicted molar refractivity (Wildman–Crippen MR) is 72.7 cm³/mol. The first-order valence-electron chi connectivity index (χ1n) is 6.04. The van der Waals surface area contributed by atoms with Gasteiger partial charge in [-0.2, -0.15) is 4.98 Å². The van der Waals surface area contributed by atoms with Crippen LogP contribution in [-0.2, 0) is 6.61 Å². The van der Waals surface area contributed by atoms with Crippen LogP contribution in [0.4, 0.5) is 5.69 Å². The average Bonchev–Trinajstić information content (AvgIpc) is 2.96. The summed E-state index contributed by atoms with van der Waals surface area (Å²) < 4.78 is 10.6. The van der Waals surface area contributed by atoms with Gasteiger partial charge in [0, 0.05) is 6.20 Å². The molecule has 6 heteroatoms. The van der Waals surface area contributed by atoms with Crippen molar-refractivity contribution in [3.05, 3.63) is 54.6 Å². The van der Waals surface area contributed by atoms with E-state index in [1.165, 1.54) is 0 Å². The number of para-hydroxylation sites is 2. The zero-order valence-corrected chi connectivity index (χ0v) is 10.6. The second kappa shape index (κ2) is 5.40. The molecule has 0 saturated carbocycles. The van der Waals surface area contributed by atoms with E-state index in [0.29, 0.717) is 28.8 Å². The maximum Gasteiger partial charge on any atom is 0.264 e. The summed E-state index contributed by atoms with van der Waals surface area (Å²) in [4.78, 5) is 8.37. The molecule has 0 bridgehead atoms. The van der Waals surface area contributed by atoms with Crippen LogP contribution in [0.25, 0.3) is 11.5 Å². The molecule has 2 aromatic heterocycles. The van der Waals surface area contributed by atoms with Crippen molar-refractivity contribution < 1.29 is 9.26 Å². The molecule has 0 unspecified atom stereocenters. The number of anilines is 1. The van der Waals surface area contributed by atoms with Crippen molar-refractivity contribution in [2.45, 2.75) is 6.61 Å². The van der Waals surface area contributed by atoms with E-state index in [2.05, 4.69) is 15.1 Å². The van der Waals surface area contributed by atoms with Crippen LogP contribution < -0.4 is 10.5 Å². The molecule has 3 aromatic rings. The Morgan fingerprint density at radius 1 is 1.10 bits per heavy atom. The molecule has 0 saturated heterocycles. The summed E-state index contributed by atoms with van der Waals surface area (Å²) in [6, 6.07) is 12.7. The Hall–Kier alpha value is -2.89. The van der Waals surface area contributed by atoms with Crippen LogP contribution in [0, 0.1) is 0 Å². The Bertz CT molecular complexity index is 697. The van der Waals surface area contributed by atoms with Crippen LogP contribution in [-0.4, -0.2) is 15.1 Å². The Kier molecular flexibility index (Phi) is 3.28. The molecule has 0 atom stereocenters. The molecule has 100 valence electrons. The molecule has 0 aliphatic carbocycles. The molecule has 6 nitrogen and oxygen atoms in total. The van der Waals surface area contributed by atoms with Crippen molar-refractivity contribution >= 4 is 5.69 Å². The van der Waals surface area contributed by atoms with E-state index in [9.17, 15) is 0 Å². The van der Waals surface area contributed by atoms with Crippen LogP contribution in [0.15, 0.2) is 53.2 Å². The highest BCUT2D eigenvalue weighted by Crippen LogP contribution is 2.21. The Morgan fingerprint density at radius 2 is 1.95 bits per heavy atom. The SMILES string of the molecule is Nc1ccccc1OCc1nc(-c2ccccn2)no1. The smallest absolute Gasteiger partial charge is 0.264 e. The highest BCUT2D eigenvalue weighted by molar-refractivity contribution is 5.51. The van der Waals surface area contributed by atoms with Gasteiger partial charge in [0.25, 0.3) is 5.89 Å². The summed E-state index contributed by atoms with van der Waals surface area (Å²) in [6.45, 7) is 0.161. The molecule has 0 amide bonds. The molecule has 2 heterocycles. The fourth-order valence-electron chi connectivity index (χ4n) is 1.66. The number of benzene rings is 1. The zero-order chi connectivity index (χ0) is 13.8. The van der Waals surface area contributed by atoms with Gasteiger partial charge >= 0.3 is 0 Å². The summed E-state index contributed by atoms with van der Waals surface area (Å²) >= 11 is 0. The number of hydrogen-bond acceptors (Lipinski definition) is 6. The summed E-state index contributed by atoms with van der Waals surface area (Å²) in [7, 11) is 0. The number of nitrogens with two attached hydrogens (primary N) is 1. The molecular weight excluding hydrogens is 256 g/mol. The van der Waals surface area contributed by atoms with E-state index in [0.717, 1.165) is 0 Å². The van der Waals surface area contributed by atoms with Crippen LogP contribution >= 0.6 is 0 Å². The maximum atomic E-state index is 5.78. The minimum absolute atomic E-state index is 0.161. The fourth-order valence-corrected chi connectivity index (χ4v) is 1.66. The minimum Gasteiger partial charge on any atom is -0.482 e. The number of nitrogens with zero attached hydrogens (tertiary/aromatic N) is 3. The third kappa shape index (κ3) is 2.59. The monoisotopic (exact) mass is 268 g/mol. The largest absolute Gasteiger partial charge is 0.482 e. The molecular formula is C14H12N4O2. The lowest BCUT2D eigenvalue weighted by Crippen LogP contribution is -1.98. The van der Waals surface area contributed by atoms with Gasteiger partial charge in [-0.05, 0) is 24.3 Å². The molecule has 2 N–H and O–H groups in total. The Morgan fingerprint density at radius 3 is 2.75 bits per heavy atom. The lowest BCUT2D eigenvalue weighted by atomic mass is 10.3. The third-order valence-corrected chi connectivity index (χ3v) is 2.63. The van der Waals surface area contributed by atoms with Crippen LogP contribution in [0.1, 0.15) is 5.89 Å². The van der Waals surface area contributed by atoms with E-state index in [4.69, 9.17) is 15.0 Å². The maximum absolute atomic E-state index is 5.78. The molecule has 1 aromatic carbocycles. The summed E-state index contributed by atoms with van der Waals surface area (Å²) in [5, 5.41) is 3.86. The number of rotatable bonds is 4. The van der Waals surface area contributed by atoms with Gasteiger partial charge in [0.1, 0.15) is 11.4 Å². The molecule has 0 aliphatic rings. The predicted octanol–water partition coefficient (Wildman–Crippen LogP) is 2.29. The first-order valence-corrected chi connectivity index (χ1v) is 6.04. The van der Waals surface area contributed by atoms with Gasteiger partial charge in [-0.15, -0.1) is 0 Å². The van der Waals surface area contributed by atoms with Crippen molar-refractivity contribution in [2.24, 2.45) is 0 Å². The molecule has 0 aliphatic heterocycles. The van der Waals surface area contributed by atoms with Crippen LogP contribution in [0.2, 0.25) is 0 Å². The van der Waals surface area contributed by atoms with Crippen molar-refractivity contribution in [1.29, 1.82) is 0 Å². The number of aromatic nitrogens is 3.